The Morgan fingerprint density at radius 2 is 1.79 bits per heavy atom. The monoisotopic (exact) mass is 213 g/mol. The van der Waals surface area contributed by atoms with Crippen LogP contribution in [0.3, 0.4) is 0 Å². The summed E-state index contributed by atoms with van der Waals surface area (Å²) < 4.78 is 0. The summed E-state index contributed by atoms with van der Waals surface area (Å²) in [5.74, 6) is 0. The third-order valence-corrected chi connectivity index (χ3v) is 3.05. The molecule has 14 heavy (non-hydrogen) atoms. The number of nitrogens with zero attached hydrogens (tertiary/aromatic N) is 1. The Labute approximate surface area is 93.3 Å². The fraction of sp³-hybridized carbons (Fsp3) is 0.667. The molecule has 0 aromatic carbocycles. The quantitative estimate of drug-likeness (QED) is 0.590. The minimum atomic E-state index is 1.12. The molecular weight excluding hydrogens is 190 g/mol. The van der Waals surface area contributed by atoms with Crippen molar-refractivity contribution in [1.29, 1.82) is 0 Å². The Balaban J connectivity index is 4.40. The number of thioether (sulfide) groups is 1. The second kappa shape index (κ2) is 7.98. The van der Waals surface area contributed by atoms with Crippen molar-refractivity contribution in [2.75, 3.05) is 19.3 Å². The fourth-order valence-corrected chi connectivity index (χ4v) is 2.08. The second-order valence-electron chi connectivity index (χ2n) is 3.29. The zero-order chi connectivity index (χ0) is 11.0. The third kappa shape index (κ3) is 4.23. The van der Waals surface area contributed by atoms with Crippen molar-refractivity contribution in [3.05, 3.63) is 23.3 Å². The minimum absolute atomic E-state index is 1.12. The van der Waals surface area contributed by atoms with Crippen molar-refractivity contribution in [2.24, 2.45) is 0 Å². The summed E-state index contributed by atoms with van der Waals surface area (Å²) >= 11 is 1.78. The largest absolute Gasteiger partial charge is 0.371 e. The van der Waals surface area contributed by atoms with Crippen LogP contribution >= 0.6 is 11.8 Å². The van der Waals surface area contributed by atoms with Crippen LogP contribution in [0.15, 0.2) is 23.3 Å². The Morgan fingerprint density at radius 1 is 1.29 bits per heavy atom. The molecule has 0 aliphatic carbocycles. The van der Waals surface area contributed by atoms with Crippen LogP contribution in [0.1, 0.15) is 33.6 Å². The first-order valence-corrected chi connectivity index (χ1v) is 6.58. The molecule has 0 bridgehead atoms. The van der Waals surface area contributed by atoms with Crippen LogP contribution in [-0.4, -0.2) is 24.2 Å². The summed E-state index contributed by atoms with van der Waals surface area (Å²) in [6.07, 6.45) is 6.62. The maximum Gasteiger partial charge on any atom is 0.0427 e. The van der Waals surface area contributed by atoms with E-state index in [1.54, 1.807) is 11.8 Å². The van der Waals surface area contributed by atoms with Gasteiger partial charge < -0.3 is 4.90 Å². The molecule has 0 fully saturated rings. The molecule has 0 saturated carbocycles. The van der Waals surface area contributed by atoms with E-state index in [1.807, 2.05) is 0 Å². The van der Waals surface area contributed by atoms with Crippen LogP contribution in [0.2, 0.25) is 0 Å². The van der Waals surface area contributed by atoms with E-state index in [9.17, 15) is 0 Å². The highest BCUT2D eigenvalue weighted by Gasteiger charge is 2.08. The minimum Gasteiger partial charge on any atom is -0.371 e. The van der Waals surface area contributed by atoms with Gasteiger partial charge in [-0.15, -0.1) is 11.8 Å². The van der Waals surface area contributed by atoms with Crippen LogP contribution in [0.4, 0.5) is 0 Å². The molecule has 0 saturated heterocycles. The lowest BCUT2D eigenvalue weighted by molar-refractivity contribution is 0.355. The molecule has 0 aliphatic rings. The van der Waals surface area contributed by atoms with E-state index < -0.39 is 0 Å². The van der Waals surface area contributed by atoms with Crippen molar-refractivity contribution >= 4 is 11.8 Å². The van der Waals surface area contributed by atoms with E-state index in [0.717, 1.165) is 13.1 Å². The molecule has 0 aromatic rings. The summed E-state index contributed by atoms with van der Waals surface area (Å²) in [6.45, 7) is 12.9. The first-order chi connectivity index (χ1) is 6.71. The van der Waals surface area contributed by atoms with E-state index in [4.69, 9.17) is 0 Å². The maximum atomic E-state index is 4.17. The van der Waals surface area contributed by atoms with E-state index in [2.05, 4.69) is 44.6 Å². The van der Waals surface area contributed by atoms with Gasteiger partial charge in [0.25, 0.3) is 0 Å². The van der Waals surface area contributed by atoms with Gasteiger partial charge in [-0.3, -0.25) is 0 Å². The molecule has 0 heterocycles. The van der Waals surface area contributed by atoms with Gasteiger partial charge >= 0.3 is 0 Å². The lowest BCUT2D eigenvalue weighted by atomic mass is 10.3. The summed E-state index contributed by atoms with van der Waals surface area (Å²) in [6, 6.07) is 0. The molecule has 0 aliphatic heterocycles. The van der Waals surface area contributed by atoms with E-state index in [0.29, 0.717) is 0 Å². The molecule has 82 valence electrons. The predicted molar refractivity (Wildman–Crippen MR) is 68.6 cm³/mol. The van der Waals surface area contributed by atoms with Crippen LogP contribution in [0.25, 0.3) is 0 Å². The van der Waals surface area contributed by atoms with Crippen molar-refractivity contribution in [2.45, 2.75) is 33.6 Å². The van der Waals surface area contributed by atoms with Gasteiger partial charge in [-0.2, -0.15) is 0 Å². The van der Waals surface area contributed by atoms with Crippen LogP contribution in [0.5, 0.6) is 0 Å². The van der Waals surface area contributed by atoms with Gasteiger partial charge in [0, 0.05) is 23.7 Å². The van der Waals surface area contributed by atoms with Crippen molar-refractivity contribution in [3.8, 4) is 0 Å². The average molecular weight is 213 g/mol. The van der Waals surface area contributed by atoms with Gasteiger partial charge in [0.1, 0.15) is 0 Å². The molecule has 0 N–H and O–H groups in total. The molecule has 0 amide bonds. The topological polar surface area (TPSA) is 3.24 Å². The van der Waals surface area contributed by atoms with E-state index in [-0.39, 0.29) is 0 Å². The number of hydrogen-bond acceptors (Lipinski definition) is 2. The standard InChI is InChI=1S/C12H23NS/c1-6-9-13(10-7-2)11(4)12(8-3)14-5/h8H,4,6-7,9-10H2,1-3,5H3/b12-8+. The van der Waals surface area contributed by atoms with Crippen molar-refractivity contribution in [1.82, 2.24) is 4.90 Å². The molecule has 2 heteroatoms. The highest BCUT2D eigenvalue weighted by atomic mass is 32.2. The number of allylic oxidation sites excluding steroid dienone is 1. The van der Waals surface area contributed by atoms with Gasteiger partial charge in [-0.05, 0) is 26.0 Å². The zero-order valence-corrected chi connectivity index (χ0v) is 10.8. The van der Waals surface area contributed by atoms with E-state index in [1.165, 1.54) is 23.4 Å². The molecule has 0 atom stereocenters. The van der Waals surface area contributed by atoms with Gasteiger partial charge in [-0.25, -0.2) is 0 Å². The Hall–Kier alpha value is -0.370. The molecule has 1 nitrogen and oxygen atoms in total. The average Bonchev–Trinajstić information content (AvgIpc) is 2.19. The van der Waals surface area contributed by atoms with Crippen molar-refractivity contribution < 1.29 is 0 Å². The second-order valence-corrected chi connectivity index (χ2v) is 4.14. The first kappa shape index (κ1) is 13.6. The smallest absolute Gasteiger partial charge is 0.0427 e. The molecule has 0 spiro atoms. The number of hydrogen-bond donors (Lipinski definition) is 0. The maximum absolute atomic E-state index is 4.17. The normalized spacial score (nSPS) is 11.6. The summed E-state index contributed by atoms with van der Waals surface area (Å²) in [7, 11) is 0. The van der Waals surface area contributed by atoms with Gasteiger partial charge in [0.15, 0.2) is 0 Å². The van der Waals surface area contributed by atoms with Gasteiger partial charge in [0.05, 0.1) is 0 Å². The van der Waals surface area contributed by atoms with Crippen LogP contribution < -0.4 is 0 Å². The fourth-order valence-electron chi connectivity index (χ4n) is 1.48. The lowest BCUT2D eigenvalue weighted by Crippen LogP contribution is -2.24. The van der Waals surface area contributed by atoms with Crippen LogP contribution in [0, 0.1) is 0 Å². The lowest BCUT2D eigenvalue weighted by Gasteiger charge is -2.26. The van der Waals surface area contributed by atoms with E-state index >= 15 is 0 Å². The van der Waals surface area contributed by atoms with Crippen LogP contribution in [-0.2, 0) is 0 Å². The highest BCUT2D eigenvalue weighted by Crippen LogP contribution is 2.23. The summed E-state index contributed by atoms with van der Waals surface area (Å²) in [4.78, 5) is 3.68. The Morgan fingerprint density at radius 3 is 2.07 bits per heavy atom. The summed E-state index contributed by atoms with van der Waals surface area (Å²) in [5, 5.41) is 0. The van der Waals surface area contributed by atoms with Crippen molar-refractivity contribution in [3.63, 3.8) is 0 Å². The molecule has 0 rings (SSSR count). The third-order valence-electron chi connectivity index (χ3n) is 2.14. The van der Waals surface area contributed by atoms with Gasteiger partial charge in [-0.1, -0.05) is 26.5 Å². The zero-order valence-electron chi connectivity index (χ0n) is 9.97. The highest BCUT2D eigenvalue weighted by molar-refractivity contribution is 8.02. The molecule has 0 radical (unpaired) electrons. The molecular formula is C12H23NS. The SMILES string of the molecule is C=C(/C(=C\C)SC)N(CCC)CCC. The Bertz CT molecular complexity index is 190. The summed E-state index contributed by atoms with van der Waals surface area (Å²) in [5.41, 5.74) is 1.18. The molecule has 0 aromatic heterocycles. The number of rotatable bonds is 7. The predicted octanol–water partition coefficient (Wildman–Crippen LogP) is 3.89. The molecule has 0 unspecified atom stereocenters. The Kier molecular flexibility index (Phi) is 7.77. The first-order valence-electron chi connectivity index (χ1n) is 5.35. The van der Waals surface area contributed by atoms with Gasteiger partial charge in [0.2, 0.25) is 0 Å².